The van der Waals surface area contributed by atoms with Crippen molar-refractivity contribution in [3.05, 3.63) is 47.3 Å². The number of amides is 5. The molecule has 11 heteroatoms. The molecule has 4 N–H and O–H groups in total. The predicted molar refractivity (Wildman–Crippen MR) is 161 cm³/mol. The van der Waals surface area contributed by atoms with Crippen molar-refractivity contribution in [2.45, 2.75) is 82.8 Å². The summed E-state index contributed by atoms with van der Waals surface area (Å²) in [5.74, 6) is -0.480. The average Bonchev–Trinajstić information content (AvgIpc) is 3.29. The summed E-state index contributed by atoms with van der Waals surface area (Å²) in [6.45, 7) is 4.58. The number of fused-ring (bicyclic) bond motifs is 1. The Bertz CT molecular complexity index is 1440. The summed E-state index contributed by atoms with van der Waals surface area (Å²) in [7, 11) is 3.31. The fourth-order valence-corrected chi connectivity index (χ4v) is 7.44. The Hall–Kier alpha value is -3.89. The zero-order chi connectivity index (χ0) is 30.5. The molecule has 43 heavy (non-hydrogen) atoms. The van der Waals surface area contributed by atoms with Gasteiger partial charge in [0.1, 0.15) is 17.3 Å². The second-order valence-corrected chi connectivity index (χ2v) is 13.5. The summed E-state index contributed by atoms with van der Waals surface area (Å²) in [5.41, 5.74) is 2.34. The number of aryl methyl sites for hydroxylation is 1. The summed E-state index contributed by atoms with van der Waals surface area (Å²) < 4.78 is 1.51. The lowest BCUT2D eigenvalue weighted by Crippen LogP contribution is -2.60. The van der Waals surface area contributed by atoms with Crippen LogP contribution in [0.3, 0.4) is 0 Å². The molecule has 11 nitrogen and oxygen atoms in total. The van der Waals surface area contributed by atoms with Crippen molar-refractivity contribution in [2.75, 3.05) is 18.9 Å². The van der Waals surface area contributed by atoms with Crippen molar-refractivity contribution in [1.82, 2.24) is 30.6 Å². The van der Waals surface area contributed by atoms with Gasteiger partial charge in [0.15, 0.2) is 0 Å². The van der Waals surface area contributed by atoms with E-state index in [9.17, 15) is 19.2 Å². The first kappa shape index (κ1) is 29.2. The largest absolute Gasteiger partial charge is 0.357 e. The number of anilines is 1. The Kier molecular flexibility index (Phi) is 7.46. The highest BCUT2D eigenvalue weighted by Crippen LogP contribution is 2.57. The van der Waals surface area contributed by atoms with Crippen LogP contribution < -0.4 is 21.3 Å². The maximum atomic E-state index is 13.8. The molecule has 1 spiro atoms. The fraction of sp³-hybridized carbons (Fsp3) is 0.594. The van der Waals surface area contributed by atoms with Crippen LogP contribution in [0, 0.1) is 17.3 Å². The summed E-state index contributed by atoms with van der Waals surface area (Å²) in [6.07, 6.45) is 8.84. The topological polar surface area (TPSA) is 137 Å². The van der Waals surface area contributed by atoms with E-state index in [0.29, 0.717) is 36.2 Å². The smallest absolute Gasteiger partial charge is 0.318 e. The summed E-state index contributed by atoms with van der Waals surface area (Å²) in [6, 6.07) is 6.40. The Labute approximate surface area is 252 Å². The zero-order valence-electron chi connectivity index (χ0n) is 25.5. The molecule has 6 rings (SSSR count). The molecule has 3 fully saturated rings. The number of nitrogens with one attached hydrogen (secondary N) is 4. The molecule has 2 heterocycles. The van der Waals surface area contributed by atoms with Gasteiger partial charge in [-0.2, -0.15) is 5.10 Å². The molecule has 1 saturated heterocycles. The number of rotatable bonds is 8. The van der Waals surface area contributed by atoms with Gasteiger partial charge in [-0.25, -0.2) is 4.79 Å². The van der Waals surface area contributed by atoms with E-state index < -0.39 is 11.6 Å². The maximum absolute atomic E-state index is 13.8. The van der Waals surface area contributed by atoms with Crippen LogP contribution in [-0.2, 0) is 29.5 Å². The van der Waals surface area contributed by atoms with Crippen molar-refractivity contribution in [1.29, 1.82) is 0 Å². The van der Waals surface area contributed by atoms with Gasteiger partial charge in [0.05, 0.1) is 6.04 Å². The minimum absolute atomic E-state index is 0.0272. The summed E-state index contributed by atoms with van der Waals surface area (Å²) in [5, 5.41) is 16.0. The van der Waals surface area contributed by atoms with Crippen molar-refractivity contribution in [3.63, 3.8) is 0 Å². The van der Waals surface area contributed by atoms with E-state index in [1.54, 1.807) is 31.3 Å². The van der Waals surface area contributed by atoms with E-state index in [0.717, 1.165) is 36.8 Å². The lowest BCUT2D eigenvalue weighted by Gasteiger charge is -2.36. The lowest BCUT2D eigenvalue weighted by atomic mass is 9.76. The van der Waals surface area contributed by atoms with Gasteiger partial charge in [-0.1, -0.05) is 19.9 Å². The fourth-order valence-electron chi connectivity index (χ4n) is 7.44. The summed E-state index contributed by atoms with van der Waals surface area (Å²) >= 11 is 0. The zero-order valence-corrected chi connectivity index (χ0v) is 25.5. The van der Waals surface area contributed by atoms with Gasteiger partial charge in [-0.15, -0.1) is 0 Å². The third-order valence-corrected chi connectivity index (χ3v) is 10.5. The first-order chi connectivity index (χ1) is 20.5. The van der Waals surface area contributed by atoms with Crippen LogP contribution in [0.15, 0.2) is 30.5 Å². The third-order valence-electron chi connectivity index (χ3n) is 10.5. The van der Waals surface area contributed by atoms with Gasteiger partial charge in [0, 0.05) is 45.4 Å². The molecular formula is C32H43N7O4. The molecule has 1 aliphatic heterocycles. The van der Waals surface area contributed by atoms with Crippen molar-refractivity contribution >= 4 is 29.4 Å². The number of hydrogen-bond acceptors (Lipinski definition) is 5. The molecule has 1 aromatic heterocycles. The van der Waals surface area contributed by atoms with Crippen molar-refractivity contribution < 1.29 is 19.2 Å². The average molecular weight is 590 g/mol. The van der Waals surface area contributed by atoms with Gasteiger partial charge >= 0.3 is 6.03 Å². The molecule has 2 saturated carbocycles. The van der Waals surface area contributed by atoms with E-state index >= 15 is 0 Å². The van der Waals surface area contributed by atoms with Crippen LogP contribution >= 0.6 is 0 Å². The standard InChI is InChI=1S/C32H43N7O4/c1-19(2)24-18-39(30(43)36-24)32(29(42)33-3)16-21-5-6-23(15-22(21)17-32)35-28(41)26(20-7-10-31(11-8-20)12-13-31)37-27(40)25-9-14-34-38(25)4/h5-6,9,14-15,19-20,24,26H,7-8,10-13,16-18H2,1-4H3,(H,33,42)(H,35,41)(H,36,43)(H,37,40)/t24-,26?,32?/m0/s1. The second-order valence-electron chi connectivity index (χ2n) is 13.5. The van der Waals surface area contributed by atoms with E-state index in [2.05, 4.69) is 40.2 Å². The monoisotopic (exact) mass is 589 g/mol. The van der Waals surface area contributed by atoms with Crippen molar-refractivity contribution in [3.8, 4) is 0 Å². The Morgan fingerprint density at radius 2 is 1.77 bits per heavy atom. The number of urea groups is 1. The van der Waals surface area contributed by atoms with E-state index in [4.69, 9.17) is 0 Å². The number of likely N-dealkylation sites (N-methyl/N-ethyl adjacent to an activating group) is 1. The quantitative estimate of drug-likeness (QED) is 0.375. The van der Waals surface area contributed by atoms with Crippen molar-refractivity contribution in [2.24, 2.45) is 24.3 Å². The van der Waals surface area contributed by atoms with Gasteiger partial charge in [-0.05, 0) is 85.1 Å². The molecule has 3 atom stereocenters. The number of carbonyl (C=O) groups is 4. The molecule has 230 valence electrons. The molecule has 0 bridgehead atoms. The minimum atomic E-state index is -1.03. The van der Waals surface area contributed by atoms with Gasteiger partial charge in [-0.3, -0.25) is 19.1 Å². The van der Waals surface area contributed by atoms with E-state index in [1.165, 1.54) is 17.5 Å². The third kappa shape index (κ3) is 5.38. The number of carbonyl (C=O) groups excluding carboxylic acids is 4. The van der Waals surface area contributed by atoms with Gasteiger partial charge in [0.2, 0.25) is 11.8 Å². The number of hydrogen-bond donors (Lipinski definition) is 4. The minimum Gasteiger partial charge on any atom is -0.357 e. The van der Waals surface area contributed by atoms with Crippen LogP contribution in [0.4, 0.5) is 10.5 Å². The van der Waals surface area contributed by atoms with Gasteiger partial charge in [0.25, 0.3) is 5.91 Å². The van der Waals surface area contributed by atoms with Crippen LogP contribution in [0.25, 0.3) is 0 Å². The molecule has 2 aromatic rings. The SMILES string of the molecule is CNC(=O)C1(N2C[C@@H](C(C)C)NC2=O)Cc2ccc(NC(=O)C(NC(=O)c3ccnn3C)C3CCC4(CC3)CC4)cc2C1. The van der Waals surface area contributed by atoms with Gasteiger partial charge < -0.3 is 26.2 Å². The Morgan fingerprint density at radius 1 is 1.05 bits per heavy atom. The molecule has 0 radical (unpaired) electrons. The number of benzene rings is 1. The highest BCUT2D eigenvalue weighted by atomic mass is 16.2. The lowest BCUT2D eigenvalue weighted by molar-refractivity contribution is -0.130. The normalized spacial score (nSPS) is 24.9. The molecule has 4 aliphatic rings. The highest BCUT2D eigenvalue weighted by molar-refractivity contribution is 6.01. The summed E-state index contributed by atoms with van der Waals surface area (Å²) in [4.78, 5) is 55.1. The Balaban J connectivity index is 1.21. The molecule has 1 aromatic carbocycles. The molecular weight excluding hydrogens is 546 g/mol. The first-order valence-corrected chi connectivity index (χ1v) is 15.6. The molecule has 3 aliphatic carbocycles. The Morgan fingerprint density at radius 3 is 2.37 bits per heavy atom. The second kappa shape index (κ2) is 11.0. The van der Waals surface area contributed by atoms with E-state index in [-0.39, 0.29) is 41.6 Å². The molecule has 2 unspecified atom stereocenters. The highest BCUT2D eigenvalue weighted by Gasteiger charge is 2.53. The molecule has 5 amide bonds. The first-order valence-electron chi connectivity index (χ1n) is 15.6. The number of nitrogens with zero attached hydrogens (tertiary/aromatic N) is 3. The van der Waals surface area contributed by atoms with Crippen LogP contribution in [-0.4, -0.2) is 69.6 Å². The maximum Gasteiger partial charge on any atom is 0.318 e. The van der Waals surface area contributed by atoms with Crippen LogP contribution in [0.1, 0.15) is 74.0 Å². The van der Waals surface area contributed by atoms with Crippen LogP contribution in [0.2, 0.25) is 0 Å². The predicted octanol–water partition coefficient (Wildman–Crippen LogP) is 2.76. The van der Waals surface area contributed by atoms with E-state index in [1.807, 2.05) is 18.2 Å². The van der Waals surface area contributed by atoms with Crippen LogP contribution in [0.5, 0.6) is 0 Å². The number of aromatic nitrogens is 2.